The number of amidine groups is 1. The fourth-order valence-electron chi connectivity index (χ4n) is 3.44. The van der Waals surface area contributed by atoms with Gasteiger partial charge in [-0.15, -0.1) is 0 Å². The maximum Gasteiger partial charge on any atom is 0.329 e. The van der Waals surface area contributed by atoms with E-state index in [1.54, 1.807) is 45.0 Å². The predicted octanol–water partition coefficient (Wildman–Crippen LogP) is 2.61. The van der Waals surface area contributed by atoms with E-state index in [1.807, 2.05) is 30.3 Å². The van der Waals surface area contributed by atoms with Gasteiger partial charge in [-0.05, 0) is 57.0 Å². The second-order valence-electron chi connectivity index (χ2n) is 9.21. The topological polar surface area (TPSA) is 134 Å². The minimum Gasteiger partial charge on any atom is -0.458 e. The van der Waals surface area contributed by atoms with Crippen molar-refractivity contribution in [3.8, 4) is 0 Å². The molecule has 5 N–H and O–H groups in total. The molecule has 8 nitrogen and oxygen atoms in total. The Hall–Kier alpha value is -3.68. The van der Waals surface area contributed by atoms with Crippen molar-refractivity contribution in [2.24, 2.45) is 17.6 Å². The normalized spacial score (nSPS) is 18.0. The van der Waals surface area contributed by atoms with Gasteiger partial charge in [-0.3, -0.25) is 15.0 Å². The lowest BCUT2D eigenvalue weighted by Gasteiger charge is -2.24. The maximum atomic E-state index is 12.8. The Bertz CT molecular complexity index is 1030. The van der Waals surface area contributed by atoms with Crippen LogP contribution in [0.4, 0.5) is 5.69 Å². The van der Waals surface area contributed by atoms with Crippen molar-refractivity contribution in [3.05, 3.63) is 65.7 Å². The zero-order chi connectivity index (χ0) is 24.2. The Balaban J connectivity index is 1.60. The van der Waals surface area contributed by atoms with Gasteiger partial charge in [-0.1, -0.05) is 30.3 Å². The summed E-state index contributed by atoms with van der Waals surface area (Å²) in [5.74, 6) is -2.12. The van der Waals surface area contributed by atoms with Crippen LogP contribution in [0.1, 0.15) is 38.3 Å². The van der Waals surface area contributed by atoms with E-state index in [4.69, 9.17) is 15.9 Å². The largest absolute Gasteiger partial charge is 0.458 e. The molecule has 2 aromatic rings. The van der Waals surface area contributed by atoms with E-state index in [1.165, 1.54) is 0 Å². The number of amides is 2. The SMILES string of the molecule is CC(C)(C)OC(=O)[C@H](Cc1ccccc1)NC(=O)C1CC1C(=O)Nc1ccc(C(=N)N)cc1. The van der Waals surface area contributed by atoms with Gasteiger partial charge in [0.25, 0.3) is 0 Å². The van der Waals surface area contributed by atoms with Gasteiger partial charge in [0.1, 0.15) is 17.5 Å². The van der Waals surface area contributed by atoms with Crippen molar-refractivity contribution in [1.29, 1.82) is 5.41 Å². The number of rotatable bonds is 8. The zero-order valence-electron chi connectivity index (χ0n) is 19.1. The van der Waals surface area contributed by atoms with E-state index in [-0.39, 0.29) is 17.6 Å². The summed E-state index contributed by atoms with van der Waals surface area (Å²) in [5.41, 5.74) is 6.77. The van der Waals surface area contributed by atoms with E-state index >= 15 is 0 Å². The van der Waals surface area contributed by atoms with Gasteiger partial charge in [-0.25, -0.2) is 4.79 Å². The first-order valence-corrected chi connectivity index (χ1v) is 10.9. The molecule has 0 saturated heterocycles. The summed E-state index contributed by atoms with van der Waals surface area (Å²) in [5, 5.41) is 13.0. The van der Waals surface area contributed by atoms with Crippen LogP contribution in [0.2, 0.25) is 0 Å². The molecular formula is C25H30N4O4. The Labute approximate surface area is 193 Å². The third-order valence-electron chi connectivity index (χ3n) is 5.22. The first-order chi connectivity index (χ1) is 15.5. The number of hydrogen-bond acceptors (Lipinski definition) is 5. The molecular weight excluding hydrogens is 420 g/mol. The van der Waals surface area contributed by atoms with E-state index in [9.17, 15) is 14.4 Å². The van der Waals surface area contributed by atoms with Crippen LogP contribution in [0.25, 0.3) is 0 Å². The fraction of sp³-hybridized carbons (Fsp3) is 0.360. The second kappa shape index (κ2) is 9.85. The molecule has 0 spiro atoms. The van der Waals surface area contributed by atoms with Crippen LogP contribution >= 0.6 is 0 Å². The van der Waals surface area contributed by atoms with Crippen molar-refractivity contribution >= 4 is 29.3 Å². The molecule has 1 aliphatic rings. The molecule has 1 aliphatic carbocycles. The van der Waals surface area contributed by atoms with E-state index in [0.717, 1.165) is 5.56 Å². The molecule has 2 unspecified atom stereocenters. The van der Waals surface area contributed by atoms with Crippen LogP contribution in [0, 0.1) is 17.2 Å². The van der Waals surface area contributed by atoms with Crippen LogP contribution in [0.3, 0.4) is 0 Å². The molecule has 0 aromatic heterocycles. The van der Waals surface area contributed by atoms with Gasteiger partial charge in [0.15, 0.2) is 0 Å². The van der Waals surface area contributed by atoms with Gasteiger partial charge in [0.05, 0.1) is 11.8 Å². The number of carbonyl (C=O) groups excluding carboxylic acids is 3. The van der Waals surface area contributed by atoms with Crippen molar-refractivity contribution in [3.63, 3.8) is 0 Å². The molecule has 2 aromatic carbocycles. The Morgan fingerprint density at radius 1 is 1.03 bits per heavy atom. The number of anilines is 1. The monoisotopic (exact) mass is 450 g/mol. The summed E-state index contributed by atoms with van der Waals surface area (Å²) >= 11 is 0. The number of ether oxygens (including phenoxy) is 1. The van der Waals surface area contributed by atoms with Crippen LogP contribution in [-0.4, -0.2) is 35.3 Å². The van der Waals surface area contributed by atoms with Crippen LogP contribution in [0.5, 0.6) is 0 Å². The lowest BCUT2D eigenvalue weighted by Crippen LogP contribution is -2.46. The molecule has 174 valence electrons. The number of hydrogen-bond donors (Lipinski definition) is 4. The van der Waals surface area contributed by atoms with Gasteiger partial charge in [0, 0.05) is 17.7 Å². The molecule has 2 amide bonds. The average molecular weight is 451 g/mol. The highest BCUT2D eigenvalue weighted by Crippen LogP contribution is 2.39. The molecule has 0 heterocycles. The lowest BCUT2D eigenvalue weighted by molar-refractivity contribution is -0.158. The Morgan fingerprint density at radius 3 is 2.21 bits per heavy atom. The lowest BCUT2D eigenvalue weighted by atomic mass is 10.1. The molecule has 3 atom stereocenters. The highest BCUT2D eigenvalue weighted by Gasteiger charge is 2.48. The van der Waals surface area contributed by atoms with Crippen LogP contribution < -0.4 is 16.4 Å². The maximum absolute atomic E-state index is 12.8. The van der Waals surface area contributed by atoms with Crippen LogP contribution in [0.15, 0.2) is 54.6 Å². The number of benzene rings is 2. The molecule has 3 rings (SSSR count). The fourth-order valence-corrected chi connectivity index (χ4v) is 3.44. The van der Waals surface area contributed by atoms with Gasteiger partial charge in [-0.2, -0.15) is 0 Å². The predicted molar refractivity (Wildman–Crippen MR) is 126 cm³/mol. The molecule has 0 radical (unpaired) electrons. The number of nitrogens with one attached hydrogen (secondary N) is 3. The molecule has 0 bridgehead atoms. The summed E-state index contributed by atoms with van der Waals surface area (Å²) in [7, 11) is 0. The van der Waals surface area contributed by atoms with E-state index in [2.05, 4.69) is 10.6 Å². The highest BCUT2D eigenvalue weighted by molar-refractivity contribution is 6.01. The van der Waals surface area contributed by atoms with Gasteiger partial charge < -0.3 is 21.1 Å². The quantitative estimate of drug-likeness (QED) is 0.279. The summed E-state index contributed by atoms with van der Waals surface area (Å²) in [6, 6.07) is 15.1. The summed E-state index contributed by atoms with van der Waals surface area (Å²) in [4.78, 5) is 38.1. The van der Waals surface area contributed by atoms with Crippen molar-refractivity contribution in [2.75, 3.05) is 5.32 Å². The average Bonchev–Trinajstić information content (AvgIpc) is 3.54. The van der Waals surface area contributed by atoms with Crippen molar-refractivity contribution < 1.29 is 19.1 Å². The first-order valence-electron chi connectivity index (χ1n) is 10.9. The number of nitrogen functional groups attached to an aromatic ring is 1. The molecule has 1 saturated carbocycles. The van der Waals surface area contributed by atoms with Crippen molar-refractivity contribution in [2.45, 2.75) is 45.3 Å². The summed E-state index contributed by atoms with van der Waals surface area (Å²) in [6.07, 6.45) is 0.711. The van der Waals surface area contributed by atoms with Crippen molar-refractivity contribution in [1.82, 2.24) is 5.32 Å². The Morgan fingerprint density at radius 2 is 1.64 bits per heavy atom. The third-order valence-corrected chi connectivity index (χ3v) is 5.22. The van der Waals surface area contributed by atoms with Gasteiger partial charge in [0.2, 0.25) is 11.8 Å². The highest BCUT2D eigenvalue weighted by atomic mass is 16.6. The molecule has 0 aliphatic heterocycles. The molecule has 8 heteroatoms. The third kappa shape index (κ3) is 6.90. The first kappa shape index (κ1) is 24.0. The smallest absolute Gasteiger partial charge is 0.329 e. The number of esters is 1. The van der Waals surface area contributed by atoms with Gasteiger partial charge >= 0.3 is 5.97 Å². The summed E-state index contributed by atoms with van der Waals surface area (Å²) in [6.45, 7) is 5.32. The Kier molecular flexibility index (Phi) is 7.16. The van der Waals surface area contributed by atoms with E-state index in [0.29, 0.717) is 24.1 Å². The molecule has 1 fully saturated rings. The standard InChI is InChI=1S/C25H30N4O4/c1-25(2,3)33-24(32)20(13-15-7-5-4-6-8-15)29-23(31)19-14-18(19)22(30)28-17-11-9-16(10-12-17)21(26)27/h4-12,18-20H,13-14H2,1-3H3,(H3,26,27)(H,28,30)(H,29,31)/t18?,19?,20-/m0/s1. The number of carbonyl (C=O) groups is 3. The minimum atomic E-state index is -0.845. The molecule has 33 heavy (non-hydrogen) atoms. The summed E-state index contributed by atoms with van der Waals surface area (Å²) < 4.78 is 5.50. The second-order valence-corrected chi connectivity index (χ2v) is 9.21. The van der Waals surface area contributed by atoms with E-state index < -0.39 is 29.4 Å². The van der Waals surface area contributed by atoms with Crippen LogP contribution in [-0.2, 0) is 25.5 Å². The number of nitrogens with two attached hydrogens (primary N) is 1. The zero-order valence-corrected chi connectivity index (χ0v) is 19.1. The minimum absolute atomic E-state index is 0.0538.